The van der Waals surface area contributed by atoms with E-state index in [1.54, 1.807) is 6.92 Å². The van der Waals surface area contributed by atoms with Crippen LogP contribution in [0.3, 0.4) is 0 Å². The molecule has 1 aliphatic carbocycles. The zero-order valence-corrected chi connectivity index (χ0v) is 14.3. The van der Waals surface area contributed by atoms with Crippen LogP contribution in [0.25, 0.3) is 0 Å². The van der Waals surface area contributed by atoms with E-state index in [2.05, 4.69) is 10.0 Å². The fraction of sp³-hybridized carbons (Fsp3) is 1.00. The van der Waals surface area contributed by atoms with Crippen molar-refractivity contribution in [1.82, 2.24) is 14.3 Å². The van der Waals surface area contributed by atoms with E-state index >= 15 is 0 Å². The highest BCUT2D eigenvalue weighted by Crippen LogP contribution is 2.24. The van der Waals surface area contributed by atoms with Crippen LogP contribution in [-0.2, 0) is 20.0 Å². The molecule has 7 nitrogen and oxygen atoms in total. The van der Waals surface area contributed by atoms with Gasteiger partial charge in [0.1, 0.15) is 0 Å². The van der Waals surface area contributed by atoms with Crippen LogP contribution in [-0.4, -0.2) is 64.4 Å². The van der Waals surface area contributed by atoms with Crippen molar-refractivity contribution in [3.63, 3.8) is 0 Å². The summed E-state index contributed by atoms with van der Waals surface area (Å²) in [5.74, 6) is -0.0860. The maximum atomic E-state index is 12.2. The van der Waals surface area contributed by atoms with Crippen LogP contribution in [0.2, 0.25) is 0 Å². The van der Waals surface area contributed by atoms with Gasteiger partial charge >= 0.3 is 0 Å². The minimum Gasteiger partial charge on any atom is -0.314 e. The second-order valence-electron chi connectivity index (χ2n) is 6.41. The predicted molar refractivity (Wildman–Crippen MR) is 82.0 cm³/mol. The number of hydrogen-bond donors (Lipinski definition) is 2. The Balaban J connectivity index is 1.82. The standard InChI is InChI=1S/C12H25N3O4S2/c1-12(6-9-20(16,17)10-12)14-21(18,19)15(2)8-3-7-13-11-4-5-11/h11,13-14H,3-10H2,1-2H3. The lowest BCUT2D eigenvalue weighted by molar-refractivity contribution is 0.405. The molecule has 1 heterocycles. The summed E-state index contributed by atoms with van der Waals surface area (Å²) in [6.45, 7) is 2.87. The van der Waals surface area contributed by atoms with Crippen LogP contribution in [0.1, 0.15) is 32.6 Å². The molecular formula is C12H25N3O4S2. The molecule has 0 aromatic carbocycles. The van der Waals surface area contributed by atoms with E-state index in [4.69, 9.17) is 0 Å². The van der Waals surface area contributed by atoms with Crippen molar-refractivity contribution in [3.05, 3.63) is 0 Å². The summed E-state index contributed by atoms with van der Waals surface area (Å²) >= 11 is 0. The first-order valence-electron chi connectivity index (χ1n) is 7.31. The molecule has 0 amide bonds. The molecule has 1 saturated heterocycles. The van der Waals surface area contributed by atoms with Crippen molar-refractivity contribution in [1.29, 1.82) is 0 Å². The zero-order valence-electron chi connectivity index (χ0n) is 12.6. The molecule has 2 fully saturated rings. The Bertz CT molecular complexity index is 571. The summed E-state index contributed by atoms with van der Waals surface area (Å²) in [4.78, 5) is 0. The first-order valence-corrected chi connectivity index (χ1v) is 10.6. The predicted octanol–water partition coefficient (Wildman–Crippen LogP) is -0.528. The highest BCUT2D eigenvalue weighted by molar-refractivity contribution is 7.92. The first-order chi connectivity index (χ1) is 9.62. The van der Waals surface area contributed by atoms with E-state index in [-0.39, 0.29) is 11.5 Å². The lowest BCUT2D eigenvalue weighted by atomic mass is 10.0. The van der Waals surface area contributed by atoms with Crippen LogP contribution in [0.4, 0.5) is 0 Å². The Hall–Kier alpha value is -0.220. The second-order valence-corrected chi connectivity index (χ2v) is 10.4. The molecule has 21 heavy (non-hydrogen) atoms. The third-order valence-corrected chi connectivity index (χ3v) is 7.61. The van der Waals surface area contributed by atoms with Crippen molar-refractivity contribution < 1.29 is 16.8 Å². The molecule has 0 spiro atoms. The average Bonchev–Trinajstić information content (AvgIpc) is 3.10. The fourth-order valence-corrected chi connectivity index (χ4v) is 6.00. The lowest BCUT2D eigenvalue weighted by Gasteiger charge is -2.27. The number of nitrogens with zero attached hydrogens (tertiary/aromatic N) is 1. The second kappa shape index (κ2) is 6.11. The van der Waals surface area contributed by atoms with Crippen LogP contribution >= 0.6 is 0 Å². The normalized spacial score (nSPS) is 29.1. The molecule has 2 rings (SSSR count). The monoisotopic (exact) mass is 339 g/mol. The summed E-state index contributed by atoms with van der Waals surface area (Å²) in [7, 11) is -5.26. The van der Waals surface area contributed by atoms with Gasteiger partial charge in [0.25, 0.3) is 10.2 Å². The van der Waals surface area contributed by atoms with E-state index in [9.17, 15) is 16.8 Å². The molecule has 1 aliphatic heterocycles. The molecule has 0 aromatic heterocycles. The third-order valence-electron chi connectivity index (χ3n) is 3.95. The molecule has 2 aliphatic rings. The topological polar surface area (TPSA) is 95.6 Å². The number of rotatable bonds is 8. The molecule has 1 unspecified atom stereocenters. The smallest absolute Gasteiger partial charge is 0.279 e. The van der Waals surface area contributed by atoms with Gasteiger partial charge < -0.3 is 5.32 Å². The van der Waals surface area contributed by atoms with Gasteiger partial charge in [-0.1, -0.05) is 0 Å². The zero-order chi connectivity index (χ0) is 15.7. The molecule has 0 radical (unpaired) electrons. The van der Waals surface area contributed by atoms with Crippen LogP contribution in [0, 0.1) is 0 Å². The summed E-state index contributed by atoms with van der Waals surface area (Å²) in [6, 6.07) is 0.618. The Morgan fingerprint density at radius 1 is 1.33 bits per heavy atom. The minimum absolute atomic E-state index is 0.0427. The van der Waals surface area contributed by atoms with Gasteiger partial charge in [-0.05, 0) is 39.2 Å². The van der Waals surface area contributed by atoms with Gasteiger partial charge in [-0.15, -0.1) is 0 Å². The van der Waals surface area contributed by atoms with Gasteiger partial charge in [0.15, 0.2) is 9.84 Å². The van der Waals surface area contributed by atoms with Gasteiger partial charge in [0, 0.05) is 25.2 Å². The van der Waals surface area contributed by atoms with Crippen LogP contribution < -0.4 is 10.0 Å². The SMILES string of the molecule is CN(CCCNC1CC1)S(=O)(=O)NC1(C)CCS(=O)(=O)C1. The number of sulfone groups is 1. The number of hydrogen-bond acceptors (Lipinski definition) is 5. The van der Waals surface area contributed by atoms with Gasteiger partial charge in [-0.2, -0.15) is 17.4 Å². The summed E-state index contributed by atoms with van der Waals surface area (Å²) < 4.78 is 51.3. The van der Waals surface area contributed by atoms with Crippen molar-refractivity contribution in [2.24, 2.45) is 0 Å². The van der Waals surface area contributed by atoms with Gasteiger partial charge in [0.05, 0.1) is 11.5 Å². The fourth-order valence-electron chi connectivity index (χ4n) is 2.50. The Morgan fingerprint density at radius 2 is 2.00 bits per heavy atom. The molecule has 124 valence electrons. The van der Waals surface area contributed by atoms with Gasteiger partial charge in [-0.25, -0.2) is 8.42 Å². The van der Waals surface area contributed by atoms with Gasteiger partial charge in [0.2, 0.25) is 0 Å². The molecule has 1 atom stereocenters. The Labute approximate surface area is 127 Å². The maximum Gasteiger partial charge on any atom is 0.279 e. The highest BCUT2D eigenvalue weighted by Gasteiger charge is 2.41. The van der Waals surface area contributed by atoms with E-state index in [1.165, 1.54) is 24.2 Å². The van der Waals surface area contributed by atoms with Gasteiger partial charge in [-0.3, -0.25) is 0 Å². The lowest BCUT2D eigenvalue weighted by Crippen LogP contribution is -2.52. The van der Waals surface area contributed by atoms with Crippen LogP contribution in [0.15, 0.2) is 0 Å². The Morgan fingerprint density at radius 3 is 2.52 bits per heavy atom. The first kappa shape index (κ1) is 17.1. The molecule has 9 heteroatoms. The van der Waals surface area contributed by atoms with Crippen LogP contribution in [0.5, 0.6) is 0 Å². The number of nitrogens with one attached hydrogen (secondary N) is 2. The van der Waals surface area contributed by atoms with E-state index in [0.29, 0.717) is 19.0 Å². The van der Waals surface area contributed by atoms with E-state index in [1.807, 2.05) is 0 Å². The molecule has 1 saturated carbocycles. The molecule has 0 bridgehead atoms. The van der Waals surface area contributed by atoms with Crippen molar-refractivity contribution in [3.8, 4) is 0 Å². The summed E-state index contributed by atoms with van der Waals surface area (Å²) in [6.07, 6.45) is 3.49. The van der Waals surface area contributed by atoms with E-state index < -0.39 is 25.6 Å². The average molecular weight is 339 g/mol. The highest BCUT2D eigenvalue weighted by atomic mass is 32.2. The largest absolute Gasteiger partial charge is 0.314 e. The summed E-state index contributed by atoms with van der Waals surface area (Å²) in [5.41, 5.74) is -0.891. The molecular weight excluding hydrogens is 314 g/mol. The minimum atomic E-state index is -3.65. The van der Waals surface area contributed by atoms with Crippen molar-refractivity contribution in [2.75, 3.05) is 31.6 Å². The third kappa shape index (κ3) is 5.17. The summed E-state index contributed by atoms with van der Waals surface area (Å²) in [5, 5.41) is 3.33. The van der Waals surface area contributed by atoms with Crippen molar-refractivity contribution in [2.45, 2.75) is 44.2 Å². The molecule has 0 aromatic rings. The van der Waals surface area contributed by atoms with E-state index in [0.717, 1.165) is 13.0 Å². The maximum absolute atomic E-state index is 12.2. The quantitative estimate of drug-likeness (QED) is 0.580. The molecule has 2 N–H and O–H groups in total. The Kier molecular flexibility index (Phi) is 4.99. The van der Waals surface area contributed by atoms with Crippen molar-refractivity contribution >= 4 is 20.0 Å².